The van der Waals surface area contributed by atoms with Gasteiger partial charge >= 0.3 is 0 Å². The Labute approximate surface area is 185 Å². The number of carbonyl (C=O) groups excluding carboxylic acids is 1. The molecule has 0 atom stereocenters. The zero-order valence-corrected chi connectivity index (χ0v) is 18.2. The first-order valence-electron chi connectivity index (χ1n) is 11.0. The Balaban J connectivity index is 1.40. The van der Waals surface area contributed by atoms with E-state index < -0.39 is 0 Å². The van der Waals surface area contributed by atoms with Gasteiger partial charge in [0.05, 0.1) is 7.11 Å². The first-order valence-corrected chi connectivity index (χ1v) is 11.0. The minimum Gasteiger partial charge on any atom is -0.497 e. The normalized spacial score (nSPS) is 14.8. The van der Waals surface area contributed by atoms with Crippen LogP contribution < -0.4 is 4.74 Å². The van der Waals surface area contributed by atoms with E-state index in [1.807, 2.05) is 53.4 Å². The highest BCUT2D eigenvalue weighted by Gasteiger charge is 2.22. The van der Waals surface area contributed by atoms with Crippen LogP contribution in [0.1, 0.15) is 33.5 Å². The molecule has 4 nitrogen and oxygen atoms in total. The summed E-state index contributed by atoms with van der Waals surface area (Å²) in [5.74, 6) is 1.03. The molecule has 0 spiro atoms. The van der Waals surface area contributed by atoms with E-state index in [2.05, 4.69) is 35.2 Å². The van der Waals surface area contributed by atoms with Crippen LogP contribution >= 0.6 is 0 Å². The maximum atomic E-state index is 13.4. The van der Waals surface area contributed by atoms with Crippen LogP contribution in [0.25, 0.3) is 0 Å². The fourth-order valence-corrected chi connectivity index (χ4v) is 4.19. The van der Waals surface area contributed by atoms with Crippen LogP contribution in [0.15, 0.2) is 78.9 Å². The Morgan fingerprint density at radius 3 is 2.32 bits per heavy atom. The molecule has 0 bridgehead atoms. The van der Waals surface area contributed by atoms with E-state index in [9.17, 15) is 4.79 Å². The van der Waals surface area contributed by atoms with Crippen molar-refractivity contribution in [3.63, 3.8) is 0 Å². The number of ether oxygens (including phenoxy) is 1. The average molecular weight is 415 g/mol. The van der Waals surface area contributed by atoms with Crippen molar-refractivity contribution in [2.24, 2.45) is 0 Å². The molecule has 0 aliphatic carbocycles. The zero-order valence-electron chi connectivity index (χ0n) is 18.2. The zero-order chi connectivity index (χ0) is 21.5. The number of hydrogen-bond acceptors (Lipinski definition) is 3. The molecule has 31 heavy (non-hydrogen) atoms. The molecule has 0 radical (unpaired) electrons. The van der Waals surface area contributed by atoms with Gasteiger partial charge in [-0.3, -0.25) is 9.69 Å². The quantitative estimate of drug-likeness (QED) is 0.589. The van der Waals surface area contributed by atoms with Gasteiger partial charge in [0.15, 0.2) is 0 Å². The Morgan fingerprint density at radius 2 is 1.55 bits per heavy atom. The third-order valence-corrected chi connectivity index (χ3v) is 5.93. The number of benzene rings is 3. The molecule has 1 amide bonds. The Kier molecular flexibility index (Phi) is 7.00. The molecular formula is C27H30N2O2. The lowest BCUT2D eigenvalue weighted by atomic mass is 9.99. The van der Waals surface area contributed by atoms with Crippen molar-refractivity contribution in [2.45, 2.75) is 19.4 Å². The summed E-state index contributed by atoms with van der Waals surface area (Å²) < 4.78 is 5.25. The number of methoxy groups -OCH3 is 1. The summed E-state index contributed by atoms with van der Waals surface area (Å²) >= 11 is 0. The van der Waals surface area contributed by atoms with Gasteiger partial charge in [-0.05, 0) is 47.7 Å². The maximum absolute atomic E-state index is 13.4. The molecule has 1 fully saturated rings. The molecule has 3 aromatic carbocycles. The predicted octanol–water partition coefficient (Wildman–Crippen LogP) is 4.63. The van der Waals surface area contributed by atoms with Crippen LogP contribution in [0.5, 0.6) is 5.75 Å². The Bertz CT molecular complexity index is 986. The van der Waals surface area contributed by atoms with Crippen molar-refractivity contribution in [2.75, 3.05) is 33.3 Å². The van der Waals surface area contributed by atoms with Gasteiger partial charge in [-0.15, -0.1) is 0 Å². The van der Waals surface area contributed by atoms with Crippen molar-refractivity contribution in [1.29, 1.82) is 0 Å². The van der Waals surface area contributed by atoms with E-state index in [1.54, 1.807) is 7.11 Å². The second kappa shape index (κ2) is 10.3. The third kappa shape index (κ3) is 5.53. The molecule has 160 valence electrons. The highest BCUT2D eigenvalue weighted by molar-refractivity contribution is 5.95. The van der Waals surface area contributed by atoms with E-state index in [1.165, 1.54) is 11.1 Å². The van der Waals surface area contributed by atoms with Crippen LogP contribution in [-0.2, 0) is 13.0 Å². The molecule has 1 heterocycles. The first kappa shape index (κ1) is 21.1. The van der Waals surface area contributed by atoms with Gasteiger partial charge in [-0.2, -0.15) is 0 Å². The van der Waals surface area contributed by atoms with Crippen molar-refractivity contribution >= 4 is 5.91 Å². The molecule has 0 aromatic heterocycles. The van der Waals surface area contributed by atoms with E-state index in [4.69, 9.17) is 4.74 Å². The number of hydrogen-bond donors (Lipinski definition) is 0. The molecule has 1 aliphatic heterocycles. The van der Waals surface area contributed by atoms with Crippen molar-refractivity contribution in [3.05, 3.63) is 101 Å². The lowest BCUT2D eigenvalue weighted by Gasteiger charge is -2.23. The smallest absolute Gasteiger partial charge is 0.254 e. The van der Waals surface area contributed by atoms with Crippen LogP contribution in [0.4, 0.5) is 0 Å². The predicted molar refractivity (Wildman–Crippen MR) is 124 cm³/mol. The van der Waals surface area contributed by atoms with Gasteiger partial charge in [0.25, 0.3) is 5.91 Å². The SMILES string of the molecule is COc1ccc(CN2CCCN(C(=O)c3ccccc3Cc3ccccc3)CC2)cc1. The maximum Gasteiger partial charge on any atom is 0.254 e. The summed E-state index contributed by atoms with van der Waals surface area (Å²) in [7, 11) is 1.69. The number of rotatable bonds is 6. The van der Waals surface area contributed by atoms with Crippen LogP contribution in [-0.4, -0.2) is 49.0 Å². The monoisotopic (exact) mass is 414 g/mol. The largest absolute Gasteiger partial charge is 0.497 e. The molecule has 4 rings (SSSR count). The summed E-state index contributed by atoms with van der Waals surface area (Å²) in [6.07, 6.45) is 1.77. The van der Waals surface area contributed by atoms with Crippen molar-refractivity contribution in [3.8, 4) is 5.75 Å². The lowest BCUT2D eigenvalue weighted by molar-refractivity contribution is 0.0760. The first-order chi connectivity index (χ1) is 15.2. The number of carbonyl (C=O) groups is 1. The summed E-state index contributed by atoms with van der Waals surface area (Å²) in [6, 6.07) is 26.6. The van der Waals surface area contributed by atoms with Crippen LogP contribution in [0.3, 0.4) is 0 Å². The van der Waals surface area contributed by atoms with E-state index >= 15 is 0 Å². The highest BCUT2D eigenvalue weighted by atomic mass is 16.5. The molecule has 0 N–H and O–H groups in total. The summed E-state index contributed by atoms with van der Waals surface area (Å²) in [4.78, 5) is 17.9. The number of amides is 1. The van der Waals surface area contributed by atoms with E-state index in [-0.39, 0.29) is 5.91 Å². The molecular weight excluding hydrogens is 384 g/mol. The van der Waals surface area contributed by atoms with Crippen LogP contribution in [0.2, 0.25) is 0 Å². The molecule has 0 saturated carbocycles. The minimum absolute atomic E-state index is 0.151. The third-order valence-electron chi connectivity index (χ3n) is 5.93. The molecule has 3 aromatic rings. The van der Waals surface area contributed by atoms with Gasteiger partial charge in [0, 0.05) is 38.3 Å². The second-order valence-corrected chi connectivity index (χ2v) is 8.09. The Morgan fingerprint density at radius 1 is 0.806 bits per heavy atom. The van der Waals surface area contributed by atoms with Crippen molar-refractivity contribution < 1.29 is 9.53 Å². The van der Waals surface area contributed by atoms with E-state index in [0.29, 0.717) is 0 Å². The average Bonchev–Trinajstić information content (AvgIpc) is 3.06. The second-order valence-electron chi connectivity index (χ2n) is 8.09. The van der Waals surface area contributed by atoms with Crippen LogP contribution in [0, 0.1) is 0 Å². The molecule has 1 saturated heterocycles. The number of nitrogens with zero attached hydrogens (tertiary/aromatic N) is 2. The molecule has 0 unspecified atom stereocenters. The summed E-state index contributed by atoms with van der Waals surface area (Å²) in [5, 5.41) is 0. The Hall–Kier alpha value is -3.11. The molecule has 4 heteroatoms. The van der Waals surface area contributed by atoms with Gasteiger partial charge in [-0.25, -0.2) is 0 Å². The fraction of sp³-hybridized carbons (Fsp3) is 0.296. The summed E-state index contributed by atoms with van der Waals surface area (Å²) in [6.45, 7) is 4.35. The lowest BCUT2D eigenvalue weighted by Crippen LogP contribution is -2.35. The van der Waals surface area contributed by atoms with Crippen molar-refractivity contribution in [1.82, 2.24) is 9.80 Å². The molecule has 1 aliphatic rings. The minimum atomic E-state index is 0.151. The van der Waals surface area contributed by atoms with Gasteiger partial charge in [0.1, 0.15) is 5.75 Å². The van der Waals surface area contributed by atoms with E-state index in [0.717, 1.165) is 62.4 Å². The summed E-state index contributed by atoms with van der Waals surface area (Å²) in [5.41, 5.74) is 4.42. The van der Waals surface area contributed by atoms with Gasteiger partial charge in [0.2, 0.25) is 0 Å². The standard InChI is InChI=1S/C27H30N2O2/c1-31-25-14-12-23(13-15-25)21-28-16-7-17-29(19-18-28)27(30)26-11-6-5-10-24(26)20-22-8-3-2-4-9-22/h2-6,8-15H,7,16-21H2,1H3. The highest BCUT2D eigenvalue weighted by Crippen LogP contribution is 2.19. The van der Waals surface area contributed by atoms with Gasteiger partial charge in [-0.1, -0.05) is 60.7 Å². The van der Waals surface area contributed by atoms with Gasteiger partial charge < -0.3 is 9.64 Å². The topological polar surface area (TPSA) is 32.8 Å². The fourth-order valence-electron chi connectivity index (χ4n) is 4.19.